The van der Waals surface area contributed by atoms with Crippen LogP contribution in [0.1, 0.15) is 46.6 Å². The Balaban J connectivity index is 1.00. The molecule has 0 radical (unpaired) electrons. The number of benzene rings is 5. The van der Waals surface area contributed by atoms with Crippen LogP contribution in [-0.2, 0) is 19.2 Å². The van der Waals surface area contributed by atoms with Crippen molar-refractivity contribution in [2.75, 3.05) is 38.2 Å². The molecule has 64 heavy (non-hydrogen) atoms. The molecule has 1 N–H and O–H groups in total. The fraction of sp³-hybridized carbons (Fsp3) is 0.231. The molecule has 6 unspecified atom stereocenters. The Labute approximate surface area is 375 Å². The Bertz CT molecular complexity index is 2780. The van der Waals surface area contributed by atoms with Crippen LogP contribution in [0.15, 0.2) is 115 Å². The predicted octanol–water partition coefficient (Wildman–Crippen LogP) is 9.47. The zero-order valence-corrected chi connectivity index (χ0v) is 36.3. The van der Waals surface area contributed by atoms with Crippen molar-refractivity contribution < 1.29 is 43.2 Å². The molecule has 6 atom stereocenters. The molecule has 3 fully saturated rings. The van der Waals surface area contributed by atoms with E-state index >= 15 is 0 Å². The van der Waals surface area contributed by atoms with Crippen LogP contribution in [0.5, 0.6) is 28.7 Å². The zero-order valence-electron chi connectivity index (χ0n) is 35.6. The molecule has 2 heterocycles. The average Bonchev–Trinajstić information content (AvgIpc) is 3.73. The topological polar surface area (TPSA) is 132 Å². The fourth-order valence-electron chi connectivity index (χ4n) is 10.0. The first-order valence-corrected chi connectivity index (χ1v) is 21.4. The van der Waals surface area contributed by atoms with Gasteiger partial charge in [-0.15, -0.1) is 0 Å². The number of hydrogen-bond acceptors (Lipinski definition) is 9. The number of amides is 4. The molecular formula is C52H45ClN2O9. The number of anilines is 2. The third-order valence-electron chi connectivity index (χ3n) is 13.1. The maximum atomic E-state index is 14.7. The minimum Gasteiger partial charge on any atom is -0.508 e. The first-order valence-electron chi connectivity index (χ1n) is 21.0. The number of methoxy groups -OCH3 is 4. The maximum Gasteiger partial charge on any atom is 0.238 e. The van der Waals surface area contributed by atoms with Gasteiger partial charge in [0.05, 0.1) is 63.5 Å². The van der Waals surface area contributed by atoms with E-state index in [-0.39, 0.29) is 30.4 Å². The molecule has 12 heteroatoms. The summed E-state index contributed by atoms with van der Waals surface area (Å²) in [7, 11) is 6.39. The number of ether oxygens (including phenoxy) is 4. The molecule has 0 aromatic heterocycles. The first kappa shape index (κ1) is 42.2. The van der Waals surface area contributed by atoms with E-state index in [1.54, 1.807) is 64.8 Å². The van der Waals surface area contributed by atoms with Crippen molar-refractivity contribution >= 4 is 70.9 Å². The van der Waals surface area contributed by atoms with Crippen LogP contribution in [0, 0.1) is 29.6 Å². The van der Waals surface area contributed by atoms with Gasteiger partial charge in [-0.05, 0) is 109 Å². The normalized spacial score (nSPS) is 22.7. The number of fused-ring (bicyclic) bond motifs is 4. The molecule has 1 saturated carbocycles. The van der Waals surface area contributed by atoms with E-state index in [9.17, 15) is 24.3 Å². The Morgan fingerprint density at radius 1 is 0.562 bits per heavy atom. The van der Waals surface area contributed by atoms with E-state index in [4.69, 9.17) is 30.5 Å². The molecule has 5 aromatic rings. The second-order valence-electron chi connectivity index (χ2n) is 16.3. The average molecular weight is 877 g/mol. The number of carbonyl (C=O) groups excluding carboxylic acids is 4. The fourth-order valence-corrected chi connectivity index (χ4v) is 10.2. The number of allylic oxidation sites excluding steroid dienone is 2. The summed E-state index contributed by atoms with van der Waals surface area (Å²) >= 11 is 6.53. The lowest BCUT2D eigenvalue weighted by atomic mass is 9.57. The summed E-state index contributed by atoms with van der Waals surface area (Å²) in [4.78, 5) is 60.7. The van der Waals surface area contributed by atoms with E-state index < -0.39 is 47.3 Å². The summed E-state index contributed by atoms with van der Waals surface area (Å²) < 4.78 is 21.8. The molecule has 11 nitrogen and oxygen atoms in total. The Morgan fingerprint density at radius 2 is 1.08 bits per heavy atom. The Hall–Kier alpha value is -7.11. The molecule has 2 saturated heterocycles. The van der Waals surface area contributed by atoms with E-state index in [1.165, 1.54) is 15.9 Å². The lowest BCUT2D eigenvalue weighted by Gasteiger charge is -2.44. The first-order chi connectivity index (χ1) is 31.0. The third kappa shape index (κ3) is 7.39. The van der Waals surface area contributed by atoms with Gasteiger partial charge in [0.2, 0.25) is 23.6 Å². The zero-order chi connectivity index (χ0) is 44.8. The summed E-state index contributed by atoms with van der Waals surface area (Å²) in [6.45, 7) is 0. The number of nitrogens with zero attached hydrogens (tertiary/aromatic N) is 2. The number of hydrogen-bond donors (Lipinski definition) is 1. The maximum absolute atomic E-state index is 14.7. The highest BCUT2D eigenvalue weighted by Gasteiger charge is 2.62. The van der Waals surface area contributed by atoms with Gasteiger partial charge < -0.3 is 24.1 Å². The van der Waals surface area contributed by atoms with Gasteiger partial charge in [-0.3, -0.25) is 29.0 Å². The van der Waals surface area contributed by atoms with Crippen LogP contribution in [0.3, 0.4) is 0 Å². The molecule has 4 aliphatic rings. The van der Waals surface area contributed by atoms with Crippen LogP contribution < -0.4 is 28.7 Å². The lowest BCUT2D eigenvalue weighted by Crippen LogP contribution is -2.43. The summed E-state index contributed by atoms with van der Waals surface area (Å²) in [6.07, 6.45) is 10.00. The van der Waals surface area contributed by atoms with Crippen molar-refractivity contribution in [2.24, 2.45) is 29.6 Å². The van der Waals surface area contributed by atoms with Crippen LogP contribution in [-0.4, -0.2) is 57.2 Å². The van der Waals surface area contributed by atoms with Gasteiger partial charge in [-0.25, -0.2) is 0 Å². The highest BCUT2D eigenvalue weighted by molar-refractivity contribution is 6.30. The number of carbonyl (C=O) groups is 4. The Kier molecular flexibility index (Phi) is 11.4. The van der Waals surface area contributed by atoms with E-state index in [0.29, 0.717) is 45.0 Å². The molecule has 0 spiro atoms. The van der Waals surface area contributed by atoms with Crippen molar-refractivity contribution in [3.8, 4) is 28.7 Å². The molecule has 0 bridgehead atoms. The number of halogens is 1. The van der Waals surface area contributed by atoms with Crippen LogP contribution in [0.25, 0.3) is 24.3 Å². The molecule has 4 amide bonds. The monoisotopic (exact) mass is 876 g/mol. The molecule has 324 valence electrons. The van der Waals surface area contributed by atoms with Gasteiger partial charge in [-0.2, -0.15) is 0 Å². The highest BCUT2D eigenvalue weighted by atomic mass is 35.5. The van der Waals surface area contributed by atoms with Gasteiger partial charge >= 0.3 is 0 Å². The van der Waals surface area contributed by atoms with E-state index in [1.807, 2.05) is 91.0 Å². The Morgan fingerprint density at radius 3 is 1.59 bits per heavy atom. The van der Waals surface area contributed by atoms with E-state index in [2.05, 4.69) is 0 Å². The molecular weight excluding hydrogens is 832 g/mol. The summed E-state index contributed by atoms with van der Waals surface area (Å²) in [5, 5.41) is 11.7. The van der Waals surface area contributed by atoms with Crippen LogP contribution >= 0.6 is 11.6 Å². The number of phenolic OH excluding ortho intramolecular Hbond substituents is 1. The second kappa shape index (κ2) is 17.2. The van der Waals surface area contributed by atoms with Crippen molar-refractivity contribution in [2.45, 2.75) is 18.8 Å². The SMILES string of the molecule is COc1ccc(OC)c(C=Cc2ccc(N3C(=O)C4CC=C5C(CC6C(=O)N(c7ccc(C=Cc8cc(OC)ccc8OC)cc7)C(=O)C6C5c5cc(Cl)ccc5O)C4C3=O)cc2)c1. The standard InChI is InChI=1S/C52H45ClN2O9/c1-61-36-18-23-44(63-3)31(25-36)11-5-29-7-14-34(15-8-29)54-49(57)39-21-20-38-40(47(39)51(54)59)28-42-48(46(38)41-27-33(53)13-22-43(41)56)52(60)55(50(42)58)35-16-9-30(10-17-35)6-12-32-26-37(62-2)19-24-45(32)64-4/h5-20,22-27,39-40,42,46-48,56H,21,28H2,1-4H3. The largest absolute Gasteiger partial charge is 0.508 e. The van der Waals surface area contributed by atoms with Crippen molar-refractivity contribution in [1.29, 1.82) is 0 Å². The summed E-state index contributed by atoms with van der Waals surface area (Å²) in [5.41, 5.74) is 5.30. The minimum atomic E-state index is -0.878. The smallest absolute Gasteiger partial charge is 0.238 e. The molecule has 2 aliphatic heterocycles. The van der Waals surface area contributed by atoms with Crippen molar-refractivity contribution in [3.63, 3.8) is 0 Å². The summed E-state index contributed by atoms with van der Waals surface area (Å²) in [5.74, 6) is -3.27. The molecule has 9 rings (SSSR count). The third-order valence-corrected chi connectivity index (χ3v) is 13.3. The van der Waals surface area contributed by atoms with Crippen LogP contribution in [0.2, 0.25) is 5.02 Å². The molecule has 2 aliphatic carbocycles. The molecule has 5 aromatic carbocycles. The quantitative estimate of drug-likeness (QED) is 0.0783. The second-order valence-corrected chi connectivity index (χ2v) is 16.8. The van der Waals surface area contributed by atoms with Crippen molar-refractivity contribution in [1.82, 2.24) is 0 Å². The predicted molar refractivity (Wildman–Crippen MR) is 245 cm³/mol. The highest BCUT2D eigenvalue weighted by Crippen LogP contribution is 2.59. The van der Waals surface area contributed by atoms with E-state index in [0.717, 1.165) is 27.8 Å². The van der Waals surface area contributed by atoms with Gasteiger partial charge in [0, 0.05) is 27.6 Å². The number of rotatable bonds is 11. The van der Waals surface area contributed by atoms with Crippen molar-refractivity contribution in [3.05, 3.63) is 148 Å². The van der Waals surface area contributed by atoms with Gasteiger partial charge in [0.25, 0.3) is 0 Å². The lowest BCUT2D eigenvalue weighted by molar-refractivity contribution is -0.126. The number of phenols is 1. The van der Waals surface area contributed by atoms with Crippen LogP contribution in [0.4, 0.5) is 11.4 Å². The number of aromatic hydroxyl groups is 1. The van der Waals surface area contributed by atoms with Gasteiger partial charge in [-0.1, -0.05) is 71.8 Å². The summed E-state index contributed by atoms with van der Waals surface area (Å²) in [6, 6.07) is 30.0. The number of imide groups is 2. The minimum absolute atomic E-state index is 0.0752. The van der Waals surface area contributed by atoms with Gasteiger partial charge in [0.1, 0.15) is 28.7 Å². The van der Waals surface area contributed by atoms with Gasteiger partial charge in [0.15, 0.2) is 0 Å².